The molecule has 0 aromatic heterocycles. The van der Waals surface area contributed by atoms with E-state index < -0.39 is 11.1 Å². The molecule has 6 heavy (non-hydrogen) atoms. The molecule has 0 aliphatic rings. The molecule has 1 unspecified atom stereocenters. The predicted molar refractivity (Wildman–Crippen MR) is 19.1 cm³/mol. The smallest absolute Gasteiger partial charge is 0.769 e. The topological polar surface area (TPSA) is 40.1 Å². The maximum atomic E-state index is 9.25. The summed E-state index contributed by atoms with van der Waals surface area (Å²) in [6.07, 6.45) is 0. The van der Waals surface area contributed by atoms with Gasteiger partial charge in [0.1, 0.15) is 0 Å². The molecule has 0 radical (unpaired) electrons. The van der Waals surface area contributed by atoms with Gasteiger partial charge in [-0.3, -0.25) is 4.21 Å². The zero-order valence-corrected chi connectivity index (χ0v) is 6.33. The van der Waals surface area contributed by atoms with E-state index in [1.807, 2.05) is 0 Å². The quantitative estimate of drug-likeness (QED) is 0.269. The fourth-order valence-corrected chi connectivity index (χ4v) is 0. The summed E-state index contributed by atoms with van der Waals surface area (Å²) < 4.78 is 18.5. The van der Waals surface area contributed by atoms with Gasteiger partial charge in [-0.15, -0.1) is 0 Å². The normalized spacial score (nSPS) is 11.5. The molecule has 0 aliphatic heterocycles. The first-order valence-corrected chi connectivity index (χ1v) is 2.12. The monoisotopic (exact) mass is 114 g/mol. The van der Waals surface area contributed by atoms with E-state index in [4.69, 9.17) is 0 Å². The molecular weight excluding hydrogens is 111 g/mol. The molecule has 0 aromatic carbocycles. The van der Waals surface area contributed by atoms with Gasteiger partial charge in [0.05, 0.1) is 0 Å². The number of rotatable bonds is 1. The molecule has 0 rings (SSSR count). The van der Waals surface area contributed by atoms with Gasteiger partial charge in [-0.25, -0.2) is 0 Å². The fraction of sp³-hybridized carbons (Fsp3) is 0. The van der Waals surface area contributed by atoms with Crippen molar-refractivity contribution in [2.45, 2.75) is 0 Å². The Bertz CT molecular complexity index is 62.6. The molecule has 0 aromatic rings. The van der Waals surface area contributed by atoms with Crippen LogP contribution in [0.15, 0.2) is 12.0 Å². The van der Waals surface area contributed by atoms with Crippen LogP contribution >= 0.6 is 0 Å². The van der Waals surface area contributed by atoms with E-state index in [2.05, 4.69) is 6.58 Å². The van der Waals surface area contributed by atoms with E-state index in [-0.39, 0.29) is 29.6 Å². The molecule has 0 spiro atoms. The van der Waals surface area contributed by atoms with Gasteiger partial charge in [0.2, 0.25) is 0 Å². The molecule has 30 valence electrons. The predicted octanol–water partition coefficient (Wildman–Crippen LogP) is -2.99. The molecule has 0 amide bonds. The molecule has 0 aliphatic carbocycles. The Morgan fingerprint density at radius 3 is 2.00 bits per heavy atom. The second-order valence-electron chi connectivity index (χ2n) is 0.427. The van der Waals surface area contributed by atoms with E-state index in [1.165, 1.54) is 0 Å². The first-order valence-electron chi connectivity index (χ1n) is 0.977. The van der Waals surface area contributed by atoms with Crippen molar-refractivity contribution in [2.75, 3.05) is 0 Å². The van der Waals surface area contributed by atoms with Crippen molar-refractivity contribution in [3.63, 3.8) is 0 Å². The third kappa shape index (κ3) is 8.85. The molecule has 0 saturated heterocycles. The van der Waals surface area contributed by atoms with Crippen LogP contribution < -0.4 is 29.6 Å². The van der Waals surface area contributed by atoms with Crippen LogP contribution in [0.4, 0.5) is 0 Å². The molecular formula is C2H3NaO2S. The van der Waals surface area contributed by atoms with Crippen molar-refractivity contribution in [3.05, 3.63) is 12.0 Å². The van der Waals surface area contributed by atoms with Gasteiger partial charge >= 0.3 is 29.6 Å². The Morgan fingerprint density at radius 2 is 2.00 bits per heavy atom. The first-order chi connectivity index (χ1) is 2.27. The molecule has 1 atom stereocenters. The van der Waals surface area contributed by atoms with E-state index in [1.54, 1.807) is 0 Å². The largest absolute Gasteiger partial charge is 1.00 e. The van der Waals surface area contributed by atoms with Gasteiger partial charge in [0, 0.05) is 0 Å². The van der Waals surface area contributed by atoms with Crippen molar-refractivity contribution in [1.82, 2.24) is 0 Å². The van der Waals surface area contributed by atoms with Crippen LogP contribution in [0, 0.1) is 0 Å². The molecule has 0 bridgehead atoms. The van der Waals surface area contributed by atoms with E-state index >= 15 is 0 Å². The van der Waals surface area contributed by atoms with Crippen molar-refractivity contribution >= 4 is 11.1 Å². The second kappa shape index (κ2) is 5.85. The standard InChI is InChI=1S/C2H4O2S.Na/c1-2-5(3)4;/h2H,1H2,(H,3,4);/q;+1/p-1. The summed E-state index contributed by atoms with van der Waals surface area (Å²) in [4.78, 5) is 0. The van der Waals surface area contributed by atoms with Crippen LogP contribution in [0.2, 0.25) is 0 Å². The molecule has 0 saturated carbocycles. The van der Waals surface area contributed by atoms with Crippen molar-refractivity contribution < 1.29 is 38.3 Å². The zero-order valence-electron chi connectivity index (χ0n) is 3.51. The van der Waals surface area contributed by atoms with Gasteiger partial charge in [0.25, 0.3) is 0 Å². The van der Waals surface area contributed by atoms with Gasteiger partial charge < -0.3 is 4.55 Å². The Hall–Kier alpha value is 0.850. The maximum Gasteiger partial charge on any atom is 1.00 e. The van der Waals surface area contributed by atoms with Crippen molar-refractivity contribution in [1.29, 1.82) is 0 Å². The Labute approximate surface area is 61.2 Å². The van der Waals surface area contributed by atoms with Crippen molar-refractivity contribution in [2.24, 2.45) is 0 Å². The van der Waals surface area contributed by atoms with Crippen LogP contribution in [0.1, 0.15) is 0 Å². The Balaban J connectivity index is 0. The van der Waals surface area contributed by atoms with Gasteiger partial charge in [-0.2, -0.15) is 0 Å². The zero-order chi connectivity index (χ0) is 4.28. The molecule has 4 heteroatoms. The minimum absolute atomic E-state index is 0. The SMILES string of the molecule is C=CS(=O)[O-].[Na+]. The molecule has 0 heterocycles. The average molecular weight is 114 g/mol. The van der Waals surface area contributed by atoms with Gasteiger partial charge in [0.15, 0.2) is 0 Å². The first kappa shape index (κ1) is 9.97. The average Bonchev–Trinajstić information content (AvgIpc) is 1.38. The van der Waals surface area contributed by atoms with Crippen LogP contribution in [-0.2, 0) is 11.1 Å². The molecule has 2 nitrogen and oxygen atoms in total. The Kier molecular flexibility index (Phi) is 9.72. The van der Waals surface area contributed by atoms with E-state index in [0.29, 0.717) is 0 Å². The van der Waals surface area contributed by atoms with Crippen LogP contribution in [0.25, 0.3) is 0 Å². The molecule has 0 N–H and O–H groups in total. The third-order valence-electron chi connectivity index (χ3n) is 0.136. The van der Waals surface area contributed by atoms with Gasteiger partial charge in [-0.05, 0) is 16.5 Å². The summed E-state index contributed by atoms with van der Waals surface area (Å²) in [6, 6.07) is 0. The van der Waals surface area contributed by atoms with E-state index in [9.17, 15) is 8.76 Å². The molecule has 0 fully saturated rings. The minimum Gasteiger partial charge on any atom is -0.769 e. The maximum absolute atomic E-state index is 9.25. The van der Waals surface area contributed by atoms with Crippen LogP contribution in [-0.4, -0.2) is 8.76 Å². The minimum atomic E-state index is -2.06. The van der Waals surface area contributed by atoms with Crippen LogP contribution in [0.3, 0.4) is 0 Å². The Morgan fingerprint density at radius 1 is 1.83 bits per heavy atom. The van der Waals surface area contributed by atoms with Crippen LogP contribution in [0.5, 0.6) is 0 Å². The van der Waals surface area contributed by atoms with Crippen molar-refractivity contribution in [3.8, 4) is 0 Å². The summed E-state index contributed by atoms with van der Waals surface area (Å²) >= 11 is -2.06. The summed E-state index contributed by atoms with van der Waals surface area (Å²) in [5, 5.41) is 0.833. The second-order valence-corrected chi connectivity index (χ2v) is 1.28. The summed E-state index contributed by atoms with van der Waals surface area (Å²) in [5.74, 6) is 0. The summed E-state index contributed by atoms with van der Waals surface area (Å²) in [7, 11) is 0. The fourth-order valence-electron chi connectivity index (χ4n) is 0. The summed E-state index contributed by atoms with van der Waals surface area (Å²) in [6.45, 7) is 2.95. The van der Waals surface area contributed by atoms with E-state index in [0.717, 1.165) is 5.41 Å². The number of hydrogen-bond donors (Lipinski definition) is 0. The third-order valence-corrected chi connectivity index (χ3v) is 0.408. The number of hydrogen-bond acceptors (Lipinski definition) is 2. The summed E-state index contributed by atoms with van der Waals surface area (Å²) in [5.41, 5.74) is 0. The van der Waals surface area contributed by atoms with Gasteiger partial charge in [-0.1, -0.05) is 6.58 Å².